The van der Waals surface area contributed by atoms with Gasteiger partial charge in [-0.15, -0.1) is 0 Å². The Morgan fingerprint density at radius 2 is 1.47 bits per heavy atom. The smallest absolute Gasteiger partial charge is 0.0979 e. The molecule has 4 aliphatic carbocycles. The van der Waals surface area contributed by atoms with Crippen LogP contribution in [-0.4, -0.2) is 74.8 Å². The molecule has 2 saturated heterocycles. The molecular formula is C31H53BrN2O2. The van der Waals surface area contributed by atoms with Gasteiger partial charge >= 0.3 is 0 Å². The Morgan fingerprint density at radius 1 is 0.833 bits per heavy atom. The molecule has 4 saturated carbocycles. The van der Waals surface area contributed by atoms with Crippen LogP contribution in [0.15, 0.2) is 0 Å². The summed E-state index contributed by atoms with van der Waals surface area (Å²) in [6, 6.07) is 0.656. The van der Waals surface area contributed by atoms with Gasteiger partial charge in [0, 0.05) is 22.3 Å². The van der Waals surface area contributed by atoms with Crippen LogP contribution in [0.4, 0.5) is 0 Å². The lowest BCUT2D eigenvalue weighted by molar-refractivity contribution is -0.175. The molecule has 0 radical (unpaired) electrons. The number of fused-ring (bicyclic) bond motifs is 5. The third kappa shape index (κ3) is 3.86. The third-order valence-electron chi connectivity index (χ3n) is 13.3. The van der Waals surface area contributed by atoms with Crippen LogP contribution < -0.4 is 0 Å². The quantitative estimate of drug-likeness (QED) is 0.423. The number of halogens is 1. The van der Waals surface area contributed by atoms with Crippen LogP contribution in [0, 0.1) is 34.5 Å². The standard InChI is InChI=1S/C31H53BrN2O2/c1-21(32)31(36)28(34-16-8-5-9-17-34)19-25-23-11-10-22-18-27(35)26(33-14-6-4-7-15-33)20-29(22,2)24(23)12-13-30(25,31)3/h21-28,35-36H,4-20H2,1-3H3/t21?,22?,23-,24-,25+,26?,27?,28?,29+,30+,31?/m1/s1. The number of piperidine rings is 2. The first kappa shape index (κ1) is 26.5. The zero-order valence-electron chi connectivity index (χ0n) is 23.3. The minimum absolute atomic E-state index is 0.0111. The van der Waals surface area contributed by atoms with E-state index in [0.717, 1.165) is 24.7 Å². The number of likely N-dealkylation sites (tertiary alicyclic amines) is 2. The van der Waals surface area contributed by atoms with Gasteiger partial charge in [0.1, 0.15) is 0 Å². The highest BCUT2D eigenvalue weighted by Crippen LogP contribution is 2.69. The second-order valence-electron chi connectivity index (χ2n) is 14.6. The van der Waals surface area contributed by atoms with Crippen LogP contribution >= 0.6 is 15.9 Å². The van der Waals surface area contributed by atoms with E-state index in [0.29, 0.717) is 29.3 Å². The lowest BCUT2D eigenvalue weighted by Crippen LogP contribution is -2.64. The highest BCUT2D eigenvalue weighted by atomic mass is 79.9. The summed E-state index contributed by atoms with van der Waals surface area (Å²) in [7, 11) is 0. The summed E-state index contributed by atoms with van der Waals surface area (Å²) in [4.78, 5) is 5.47. The number of alkyl halides is 1. The van der Waals surface area contributed by atoms with Crippen molar-refractivity contribution in [2.45, 2.75) is 133 Å². The molecule has 11 atom stereocenters. The van der Waals surface area contributed by atoms with E-state index < -0.39 is 5.60 Å². The van der Waals surface area contributed by atoms with Crippen molar-refractivity contribution in [1.82, 2.24) is 9.80 Å². The normalized spacial score (nSPS) is 53.3. The van der Waals surface area contributed by atoms with Gasteiger partial charge in [-0.25, -0.2) is 0 Å². The Labute approximate surface area is 229 Å². The maximum atomic E-state index is 12.6. The second kappa shape index (κ2) is 9.75. The first-order chi connectivity index (χ1) is 17.2. The van der Waals surface area contributed by atoms with Gasteiger partial charge in [-0.3, -0.25) is 9.80 Å². The Hall–Kier alpha value is 0.320. The maximum absolute atomic E-state index is 12.6. The lowest BCUT2D eigenvalue weighted by atomic mass is 9.44. The minimum atomic E-state index is -0.656. The van der Waals surface area contributed by atoms with Crippen LogP contribution in [-0.2, 0) is 0 Å². The SMILES string of the molecule is CC(Br)C1(O)C(N2CCCCC2)C[C@H]2[C@@H]3CCC4CC(O)C(N5CCCCC5)C[C@]4(C)[C@@H]3CC[C@@]21C. The predicted octanol–water partition coefficient (Wildman–Crippen LogP) is 5.83. The van der Waals surface area contributed by atoms with E-state index in [2.05, 4.69) is 46.5 Å². The molecule has 6 unspecified atom stereocenters. The Bertz CT molecular complexity index is 797. The van der Waals surface area contributed by atoms with Gasteiger partial charge < -0.3 is 10.2 Å². The fraction of sp³-hybridized carbons (Fsp3) is 1.00. The van der Waals surface area contributed by atoms with Crippen LogP contribution in [0.25, 0.3) is 0 Å². The van der Waals surface area contributed by atoms with Crippen molar-refractivity contribution in [3.8, 4) is 0 Å². The zero-order chi connectivity index (χ0) is 25.3. The number of hydrogen-bond acceptors (Lipinski definition) is 4. The third-order valence-corrected chi connectivity index (χ3v) is 14.0. The van der Waals surface area contributed by atoms with Crippen LogP contribution in [0.2, 0.25) is 0 Å². The molecule has 6 rings (SSSR count). The summed E-state index contributed by atoms with van der Waals surface area (Å²) >= 11 is 3.96. The number of nitrogens with zero attached hydrogens (tertiary/aromatic N) is 2. The van der Waals surface area contributed by atoms with Crippen LogP contribution in [0.1, 0.15) is 104 Å². The summed E-state index contributed by atoms with van der Waals surface area (Å²) in [6.45, 7) is 12.0. The summed E-state index contributed by atoms with van der Waals surface area (Å²) in [5.74, 6) is 2.78. The molecule has 36 heavy (non-hydrogen) atoms. The van der Waals surface area contributed by atoms with Gasteiger partial charge in [0.25, 0.3) is 0 Å². The molecule has 0 amide bonds. The van der Waals surface area contributed by atoms with E-state index in [1.165, 1.54) is 96.8 Å². The van der Waals surface area contributed by atoms with Crippen molar-refractivity contribution in [2.24, 2.45) is 34.5 Å². The highest BCUT2D eigenvalue weighted by molar-refractivity contribution is 9.09. The lowest BCUT2D eigenvalue weighted by Gasteiger charge is -2.63. The molecule has 0 aromatic rings. The largest absolute Gasteiger partial charge is 0.391 e. The highest BCUT2D eigenvalue weighted by Gasteiger charge is 2.70. The average Bonchev–Trinajstić information content (AvgIpc) is 3.13. The van der Waals surface area contributed by atoms with Gasteiger partial charge in [0.15, 0.2) is 0 Å². The molecule has 2 aliphatic heterocycles. The van der Waals surface area contributed by atoms with Crippen molar-refractivity contribution in [1.29, 1.82) is 0 Å². The predicted molar refractivity (Wildman–Crippen MR) is 150 cm³/mol. The second-order valence-corrected chi connectivity index (χ2v) is 15.9. The molecule has 206 valence electrons. The van der Waals surface area contributed by atoms with E-state index in [1.807, 2.05) is 0 Å². The zero-order valence-corrected chi connectivity index (χ0v) is 24.9. The van der Waals surface area contributed by atoms with Crippen molar-refractivity contribution in [2.75, 3.05) is 26.2 Å². The fourth-order valence-electron chi connectivity index (χ4n) is 11.3. The van der Waals surface area contributed by atoms with Gasteiger partial charge in [0.05, 0.1) is 11.7 Å². The molecule has 6 fully saturated rings. The Kier molecular flexibility index (Phi) is 7.19. The molecule has 5 heteroatoms. The fourth-order valence-corrected chi connectivity index (χ4v) is 12.2. The van der Waals surface area contributed by atoms with E-state index in [4.69, 9.17) is 0 Å². The van der Waals surface area contributed by atoms with Crippen LogP contribution in [0.3, 0.4) is 0 Å². The first-order valence-corrected chi connectivity index (χ1v) is 16.6. The summed E-state index contributed by atoms with van der Waals surface area (Å²) < 4.78 is 0. The molecule has 0 aromatic heterocycles. The average molecular weight is 566 g/mol. The molecule has 0 bridgehead atoms. The van der Waals surface area contributed by atoms with Gasteiger partial charge in [-0.2, -0.15) is 0 Å². The molecule has 4 nitrogen and oxygen atoms in total. The van der Waals surface area contributed by atoms with E-state index in [-0.39, 0.29) is 16.3 Å². The van der Waals surface area contributed by atoms with Gasteiger partial charge in [-0.1, -0.05) is 42.6 Å². The van der Waals surface area contributed by atoms with E-state index >= 15 is 0 Å². The van der Waals surface area contributed by atoms with Gasteiger partial charge in [0.2, 0.25) is 0 Å². The van der Waals surface area contributed by atoms with Crippen molar-refractivity contribution in [3.63, 3.8) is 0 Å². The molecule has 2 heterocycles. The van der Waals surface area contributed by atoms with Crippen molar-refractivity contribution < 1.29 is 10.2 Å². The first-order valence-electron chi connectivity index (χ1n) is 15.7. The molecule has 2 N–H and O–H groups in total. The summed E-state index contributed by atoms with van der Waals surface area (Å²) in [5.41, 5.74) is -0.327. The van der Waals surface area contributed by atoms with Gasteiger partial charge in [-0.05, 0) is 133 Å². The Balaban J connectivity index is 1.29. The topological polar surface area (TPSA) is 46.9 Å². The number of rotatable bonds is 3. The van der Waals surface area contributed by atoms with Crippen molar-refractivity contribution in [3.05, 3.63) is 0 Å². The molecule has 0 aromatic carbocycles. The molecule has 6 aliphatic rings. The maximum Gasteiger partial charge on any atom is 0.0979 e. The number of aliphatic hydroxyl groups excluding tert-OH is 1. The van der Waals surface area contributed by atoms with E-state index in [1.54, 1.807) is 0 Å². The molecule has 0 spiro atoms. The van der Waals surface area contributed by atoms with Crippen LogP contribution in [0.5, 0.6) is 0 Å². The Morgan fingerprint density at radius 3 is 2.11 bits per heavy atom. The summed E-state index contributed by atoms with van der Waals surface area (Å²) in [6.07, 6.45) is 16.2. The summed E-state index contributed by atoms with van der Waals surface area (Å²) in [5, 5.41) is 23.9. The monoisotopic (exact) mass is 564 g/mol. The minimum Gasteiger partial charge on any atom is -0.391 e. The van der Waals surface area contributed by atoms with E-state index in [9.17, 15) is 10.2 Å². The molecular weight excluding hydrogens is 512 g/mol. The number of aliphatic hydroxyl groups is 2. The number of hydrogen-bond donors (Lipinski definition) is 2. The van der Waals surface area contributed by atoms with Crippen molar-refractivity contribution >= 4 is 15.9 Å².